The van der Waals surface area contributed by atoms with Crippen molar-refractivity contribution in [2.45, 2.75) is 13.5 Å². The fourth-order valence-corrected chi connectivity index (χ4v) is 2.39. The highest BCUT2D eigenvalue weighted by atomic mass is 79.9. The molecule has 0 saturated heterocycles. The van der Waals surface area contributed by atoms with Crippen molar-refractivity contribution in [3.05, 3.63) is 34.3 Å². The summed E-state index contributed by atoms with van der Waals surface area (Å²) in [4.78, 5) is 0. The average Bonchev–Trinajstić information content (AvgIpc) is 2.21. The summed E-state index contributed by atoms with van der Waals surface area (Å²) in [5.41, 5.74) is 0.951. The zero-order valence-corrected chi connectivity index (χ0v) is 11.7. The minimum Gasteiger partial charge on any atom is -0.202 e. The molecule has 0 unspecified atom stereocenters. The van der Waals surface area contributed by atoms with E-state index in [0.717, 1.165) is 10.0 Å². The molecule has 6 heteroatoms. The Labute approximate surface area is 105 Å². The van der Waals surface area contributed by atoms with E-state index in [1.54, 1.807) is 14.0 Å². The van der Waals surface area contributed by atoms with Crippen LogP contribution in [0.25, 0.3) is 0 Å². The summed E-state index contributed by atoms with van der Waals surface area (Å²) in [6.07, 6.45) is 0. The van der Waals surface area contributed by atoms with E-state index in [0.29, 0.717) is 13.1 Å². The first-order chi connectivity index (χ1) is 7.45. The molecule has 16 heavy (non-hydrogen) atoms. The number of nitrogens with zero attached hydrogens (tertiary/aromatic N) is 1. The second kappa shape index (κ2) is 5.77. The molecule has 0 aliphatic carbocycles. The molecule has 1 rings (SSSR count). The minimum atomic E-state index is -3.35. The smallest absolute Gasteiger partial charge is 0.202 e. The van der Waals surface area contributed by atoms with Gasteiger partial charge in [-0.25, -0.2) is 4.72 Å². The van der Waals surface area contributed by atoms with Gasteiger partial charge >= 0.3 is 0 Å². The standard InChI is InChI=1S/C10H15BrN2O2S/c1-3-12-16(14,15)13(2)8-9-4-6-10(11)7-5-9/h4-7,12H,3,8H2,1-2H3. The Morgan fingerprint density at radius 1 is 1.31 bits per heavy atom. The zero-order chi connectivity index (χ0) is 12.2. The van der Waals surface area contributed by atoms with Crippen molar-refractivity contribution in [2.24, 2.45) is 0 Å². The number of nitrogens with one attached hydrogen (secondary N) is 1. The first-order valence-corrected chi connectivity index (χ1v) is 7.14. The fraction of sp³-hybridized carbons (Fsp3) is 0.400. The van der Waals surface area contributed by atoms with Crippen LogP contribution in [-0.2, 0) is 16.8 Å². The molecule has 1 N–H and O–H groups in total. The van der Waals surface area contributed by atoms with Gasteiger partial charge in [-0.05, 0) is 17.7 Å². The van der Waals surface area contributed by atoms with Gasteiger partial charge in [0.15, 0.2) is 0 Å². The van der Waals surface area contributed by atoms with Crippen molar-refractivity contribution in [1.29, 1.82) is 0 Å². The number of hydrogen-bond acceptors (Lipinski definition) is 2. The van der Waals surface area contributed by atoms with Crippen LogP contribution < -0.4 is 4.72 Å². The van der Waals surface area contributed by atoms with Gasteiger partial charge in [-0.2, -0.15) is 12.7 Å². The molecule has 1 aromatic carbocycles. The van der Waals surface area contributed by atoms with E-state index in [4.69, 9.17) is 0 Å². The van der Waals surface area contributed by atoms with Gasteiger partial charge in [0.1, 0.15) is 0 Å². The van der Waals surface area contributed by atoms with Crippen LogP contribution in [0.1, 0.15) is 12.5 Å². The van der Waals surface area contributed by atoms with Gasteiger partial charge in [0.05, 0.1) is 0 Å². The maximum Gasteiger partial charge on any atom is 0.279 e. The van der Waals surface area contributed by atoms with Crippen LogP contribution in [0, 0.1) is 0 Å². The molecule has 0 heterocycles. The normalized spacial score (nSPS) is 12.0. The van der Waals surface area contributed by atoms with Gasteiger partial charge in [-0.15, -0.1) is 0 Å². The summed E-state index contributed by atoms with van der Waals surface area (Å²) < 4.78 is 27.9. The number of hydrogen-bond donors (Lipinski definition) is 1. The Morgan fingerprint density at radius 3 is 2.38 bits per heavy atom. The second-order valence-electron chi connectivity index (χ2n) is 3.39. The van der Waals surface area contributed by atoms with Crippen molar-refractivity contribution in [1.82, 2.24) is 9.03 Å². The Kier molecular flexibility index (Phi) is 4.91. The lowest BCUT2D eigenvalue weighted by Gasteiger charge is -2.17. The molecule has 0 aliphatic rings. The monoisotopic (exact) mass is 306 g/mol. The molecule has 4 nitrogen and oxygen atoms in total. The van der Waals surface area contributed by atoms with Gasteiger partial charge in [-0.1, -0.05) is 35.0 Å². The SMILES string of the molecule is CCNS(=O)(=O)N(C)Cc1ccc(Br)cc1. The second-order valence-corrected chi connectivity index (χ2v) is 6.16. The quantitative estimate of drug-likeness (QED) is 0.901. The number of halogens is 1. The Balaban J connectivity index is 2.71. The highest BCUT2D eigenvalue weighted by Gasteiger charge is 2.15. The number of benzene rings is 1. The Morgan fingerprint density at radius 2 is 1.88 bits per heavy atom. The van der Waals surface area contributed by atoms with Gasteiger partial charge in [0.2, 0.25) is 0 Å². The lowest BCUT2D eigenvalue weighted by atomic mass is 10.2. The van der Waals surface area contributed by atoms with Crippen molar-refractivity contribution in [3.63, 3.8) is 0 Å². The largest absolute Gasteiger partial charge is 0.279 e. The Bertz CT molecular complexity index is 431. The molecule has 0 aromatic heterocycles. The van der Waals surface area contributed by atoms with E-state index in [9.17, 15) is 8.42 Å². The maximum absolute atomic E-state index is 11.6. The summed E-state index contributed by atoms with van der Waals surface area (Å²) in [5, 5.41) is 0. The third kappa shape index (κ3) is 3.86. The minimum absolute atomic E-state index is 0.364. The summed E-state index contributed by atoms with van der Waals surface area (Å²) in [5.74, 6) is 0. The molecule has 0 saturated carbocycles. The van der Waals surface area contributed by atoms with Gasteiger partial charge in [0, 0.05) is 24.6 Å². The predicted molar refractivity (Wildman–Crippen MR) is 68.2 cm³/mol. The molecule has 0 spiro atoms. The van der Waals surface area contributed by atoms with Crippen molar-refractivity contribution < 1.29 is 8.42 Å². The summed E-state index contributed by atoms with van der Waals surface area (Å²) >= 11 is 3.33. The molecule has 1 aromatic rings. The van der Waals surface area contributed by atoms with E-state index in [1.165, 1.54) is 4.31 Å². The van der Waals surface area contributed by atoms with Gasteiger partial charge in [-0.3, -0.25) is 0 Å². The highest BCUT2D eigenvalue weighted by Crippen LogP contribution is 2.12. The van der Waals surface area contributed by atoms with E-state index >= 15 is 0 Å². The van der Waals surface area contributed by atoms with Crippen LogP contribution in [-0.4, -0.2) is 26.3 Å². The summed E-state index contributed by atoms with van der Waals surface area (Å²) in [7, 11) is -1.79. The topological polar surface area (TPSA) is 49.4 Å². The van der Waals surface area contributed by atoms with E-state index in [2.05, 4.69) is 20.7 Å². The molecule has 0 fully saturated rings. The van der Waals surface area contributed by atoms with E-state index in [1.807, 2.05) is 24.3 Å². The molecule has 0 aliphatic heterocycles. The molecule has 90 valence electrons. The van der Waals surface area contributed by atoms with Crippen LogP contribution in [0.15, 0.2) is 28.7 Å². The van der Waals surface area contributed by atoms with Crippen molar-refractivity contribution in [3.8, 4) is 0 Å². The van der Waals surface area contributed by atoms with Gasteiger partial charge in [0.25, 0.3) is 10.2 Å². The third-order valence-corrected chi connectivity index (χ3v) is 4.19. The van der Waals surface area contributed by atoms with Crippen LogP contribution >= 0.6 is 15.9 Å². The van der Waals surface area contributed by atoms with Crippen molar-refractivity contribution >= 4 is 26.1 Å². The lowest BCUT2D eigenvalue weighted by Crippen LogP contribution is -2.37. The molecule has 0 bridgehead atoms. The molecule has 0 radical (unpaired) electrons. The first kappa shape index (κ1) is 13.6. The fourth-order valence-electron chi connectivity index (χ4n) is 1.22. The average molecular weight is 307 g/mol. The first-order valence-electron chi connectivity index (χ1n) is 4.91. The zero-order valence-electron chi connectivity index (χ0n) is 9.27. The van der Waals surface area contributed by atoms with Gasteiger partial charge < -0.3 is 0 Å². The maximum atomic E-state index is 11.6. The molecular formula is C10H15BrN2O2S. The number of rotatable bonds is 5. The van der Waals surface area contributed by atoms with E-state index < -0.39 is 10.2 Å². The molecular weight excluding hydrogens is 292 g/mol. The van der Waals surface area contributed by atoms with Crippen LogP contribution in [0.3, 0.4) is 0 Å². The molecule has 0 atom stereocenters. The lowest BCUT2D eigenvalue weighted by molar-refractivity contribution is 0.456. The van der Waals surface area contributed by atoms with E-state index in [-0.39, 0.29) is 0 Å². The summed E-state index contributed by atoms with van der Waals surface area (Å²) in [6.45, 7) is 2.51. The predicted octanol–water partition coefficient (Wildman–Crippen LogP) is 1.74. The highest BCUT2D eigenvalue weighted by molar-refractivity contribution is 9.10. The summed E-state index contributed by atoms with van der Waals surface area (Å²) in [6, 6.07) is 7.57. The Hall–Kier alpha value is -0.430. The third-order valence-electron chi connectivity index (χ3n) is 2.06. The molecule has 0 amide bonds. The van der Waals surface area contributed by atoms with Crippen molar-refractivity contribution in [2.75, 3.05) is 13.6 Å². The van der Waals surface area contributed by atoms with Crippen LogP contribution in [0.4, 0.5) is 0 Å². The van der Waals surface area contributed by atoms with Crippen LogP contribution in [0.2, 0.25) is 0 Å². The van der Waals surface area contributed by atoms with Crippen LogP contribution in [0.5, 0.6) is 0 Å².